The average molecular weight is 464 g/mol. The zero-order valence-electron chi connectivity index (χ0n) is 8.17. The van der Waals surface area contributed by atoms with Crippen LogP contribution in [0.1, 0.15) is 0 Å². The van der Waals surface area contributed by atoms with E-state index >= 15 is 0 Å². The van der Waals surface area contributed by atoms with Crippen molar-refractivity contribution in [3.8, 4) is 0 Å². The Morgan fingerprint density at radius 1 is 0.750 bits per heavy atom. The third-order valence-corrected chi connectivity index (χ3v) is 1.54. The summed E-state index contributed by atoms with van der Waals surface area (Å²) >= 11 is -0.321. The second-order valence-electron chi connectivity index (χ2n) is 2.51. The summed E-state index contributed by atoms with van der Waals surface area (Å²) in [6, 6.07) is 0. The van der Waals surface area contributed by atoms with Crippen LogP contribution >= 0.6 is 22.6 Å². The monoisotopic (exact) mass is 464 g/mol. The maximum atomic E-state index is 12.0. The van der Waals surface area contributed by atoms with Gasteiger partial charge in [-0.3, -0.25) is 0 Å². The van der Waals surface area contributed by atoms with E-state index in [1.165, 1.54) is 0 Å². The number of rotatable bonds is 3. The lowest BCUT2D eigenvalue weighted by atomic mass is 10.5. The van der Waals surface area contributed by atoms with Crippen molar-refractivity contribution in [2.45, 2.75) is 22.3 Å². The molecule has 0 atom stereocenters. The summed E-state index contributed by atoms with van der Waals surface area (Å²) in [5.74, 6) is 0. The van der Waals surface area contributed by atoms with Gasteiger partial charge in [0.25, 0.3) is 0 Å². The molecule has 0 saturated carbocycles. The van der Waals surface area contributed by atoms with Gasteiger partial charge in [0.05, 0.1) is 0 Å². The first kappa shape index (κ1) is 22.2. The third-order valence-electron chi connectivity index (χ3n) is 0.916. The van der Waals surface area contributed by atoms with Crippen molar-refractivity contribution < 1.29 is 60.4 Å². The first-order valence-electron chi connectivity index (χ1n) is 3.44. The first-order chi connectivity index (χ1) is 8.21. The molecule has 0 saturated heterocycles. The third kappa shape index (κ3) is 8.93. The molecule has 0 aromatic heterocycles. The Labute approximate surface area is 116 Å². The predicted molar refractivity (Wildman–Crippen MR) is 47.1 cm³/mol. The lowest BCUT2D eigenvalue weighted by Crippen LogP contribution is -2.49. The minimum absolute atomic E-state index is 0.321. The highest BCUT2D eigenvalue weighted by Crippen LogP contribution is 2.47. The fourth-order valence-corrected chi connectivity index (χ4v) is 0.387. The summed E-state index contributed by atoms with van der Waals surface area (Å²) in [7, 11) is -5.67. The molecule has 0 fully saturated rings. The molecule has 0 amide bonds. The minimum atomic E-state index is -6.50. The van der Waals surface area contributed by atoms with Crippen LogP contribution in [0.5, 0.6) is 0 Å². The van der Waals surface area contributed by atoms with Crippen molar-refractivity contribution in [1.29, 1.82) is 0 Å². The highest BCUT2D eigenvalue weighted by Gasteiger charge is 2.69. The molecular formula is C4F11IO3S. The predicted octanol–water partition coefficient (Wildman–Crippen LogP) is 3.95. The molecule has 0 radical (unpaired) electrons. The van der Waals surface area contributed by atoms with Crippen molar-refractivity contribution in [2.24, 2.45) is 0 Å². The van der Waals surface area contributed by atoms with Crippen LogP contribution in [0.15, 0.2) is 0 Å². The van der Waals surface area contributed by atoms with Crippen molar-refractivity contribution in [3.63, 3.8) is 0 Å². The molecule has 0 heterocycles. The van der Waals surface area contributed by atoms with Gasteiger partial charge in [0.15, 0.2) is 0 Å². The van der Waals surface area contributed by atoms with E-state index in [4.69, 9.17) is 8.42 Å². The van der Waals surface area contributed by atoms with Crippen LogP contribution in [0, 0.1) is 0 Å². The van der Waals surface area contributed by atoms with E-state index in [2.05, 4.69) is 0 Å². The van der Waals surface area contributed by atoms with Gasteiger partial charge < -0.3 is 0 Å². The molecule has 0 rings (SSSR count). The van der Waals surface area contributed by atoms with Crippen molar-refractivity contribution in [2.75, 3.05) is 0 Å². The van der Waals surface area contributed by atoms with Gasteiger partial charge in [-0.05, 0) is 0 Å². The molecule has 0 aliphatic carbocycles. The molecule has 0 N–H and O–H groups in total. The van der Waals surface area contributed by atoms with Gasteiger partial charge >= 0.3 is 32.9 Å². The van der Waals surface area contributed by atoms with E-state index in [1.54, 1.807) is 4.74 Å². The van der Waals surface area contributed by atoms with E-state index in [0.29, 0.717) is 0 Å². The Morgan fingerprint density at radius 3 is 1.15 bits per heavy atom. The summed E-state index contributed by atoms with van der Waals surface area (Å²) in [4.78, 5) is 0. The Hall–Kier alpha value is -0.130. The number of alkyl halides is 10. The molecular weight excluding hydrogens is 464 g/mol. The summed E-state index contributed by atoms with van der Waals surface area (Å²) in [5.41, 5.74) is 0. The molecule has 0 bridgehead atoms. The largest absolute Gasteiger partial charge is 0.483 e. The number of hydrogen-bond donors (Lipinski definition) is 0. The van der Waals surface area contributed by atoms with E-state index in [-0.39, 0.29) is 22.6 Å². The normalized spacial score (nSPS) is 14.6. The second kappa shape index (κ2) is 6.32. The Kier molecular flexibility index (Phi) is 7.01. The molecule has 0 unspecified atom stereocenters. The smallest absolute Gasteiger partial charge is 0.242 e. The maximum absolute atomic E-state index is 12.0. The van der Waals surface area contributed by atoms with Gasteiger partial charge in [-0.2, -0.15) is 47.9 Å². The Bertz CT molecular complexity index is 376. The van der Waals surface area contributed by atoms with Crippen LogP contribution in [0.3, 0.4) is 0 Å². The van der Waals surface area contributed by atoms with Crippen molar-refractivity contribution in [1.82, 2.24) is 0 Å². The molecule has 0 spiro atoms. The van der Waals surface area contributed by atoms with Gasteiger partial charge in [0.2, 0.25) is 0 Å². The Balaban J connectivity index is 0. The van der Waals surface area contributed by atoms with Crippen LogP contribution in [-0.2, 0) is 15.3 Å². The molecule has 20 heavy (non-hydrogen) atoms. The molecule has 124 valence electrons. The second-order valence-corrected chi connectivity index (χ2v) is 4.62. The van der Waals surface area contributed by atoms with Gasteiger partial charge in [0.1, 0.15) is 0 Å². The van der Waals surface area contributed by atoms with Gasteiger partial charge in [0, 0.05) is 22.6 Å². The summed E-state index contributed by atoms with van der Waals surface area (Å²) in [6.45, 7) is 0. The van der Waals surface area contributed by atoms with Gasteiger partial charge in [-0.15, -0.1) is 0 Å². The van der Waals surface area contributed by atoms with Crippen LogP contribution in [0.25, 0.3) is 0 Å². The summed E-state index contributed by atoms with van der Waals surface area (Å²) in [5, 5.41) is 0. The number of hydrogen-bond acceptors (Lipinski definition) is 3. The topological polar surface area (TPSA) is 43.4 Å². The molecule has 16 heteroatoms. The van der Waals surface area contributed by atoms with E-state index in [9.17, 15) is 47.3 Å². The molecule has 0 aliphatic heterocycles. The van der Waals surface area contributed by atoms with Gasteiger partial charge in [-0.25, -0.2) is 4.74 Å². The minimum Gasteiger partial charge on any atom is -0.242 e. The van der Waals surface area contributed by atoms with Crippen molar-refractivity contribution in [3.05, 3.63) is 0 Å². The number of halogens is 12. The lowest BCUT2D eigenvalue weighted by molar-refractivity contribution is -0.473. The zero-order chi connectivity index (χ0) is 17.2. The average Bonchev–Trinajstić information content (AvgIpc) is 1.92. The van der Waals surface area contributed by atoms with Gasteiger partial charge in [-0.1, -0.05) is 7.77 Å². The van der Waals surface area contributed by atoms with E-state index in [1.807, 2.05) is 0 Å². The molecule has 3 nitrogen and oxygen atoms in total. The molecule has 0 aromatic rings. The van der Waals surface area contributed by atoms with Crippen LogP contribution < -0.4 is 0 Å². The molecule has 0 aromatic carbocycles. The fraction of sp³-hybridized carbons (Fsp3) is 1.00. The lowest BCUT2D eigenvalue weighted by Gasteiger charge is -2.27. The Morgan fingerprint density at radius 2 is 1.00 bits per heavy atom. The fourth-order valence-electron chi connectivity index (χ4n) is 0.277. The van der Waals surface area contributed by atoms with E-state index in [0.717, 1.165) is 0 Å². The van der Waals surface area contributed by atoms with Crippen LogP contribution in [0.4, 0.5) is 47.3 Å². The summed E-state index contributed by atoms with van der Waals surface area (Å²) in [6.07, 6.45) is -18.8. The molecule has 0 aliphatic rings. The quantitative estimate of drug-likeness (QED) is 0.275. The summed E-state index contributed by atoms with van der Waals surface area (Å²) < 4.78 is 138. The number of ether oxygens (including phenoxy) is 1. The van der Waals surface area contributed by atoms with Crippen molar-refractivity contribution >= 4 is 33.2 Å². The van der Waals surface area contributed by atoms with E-state index < -0.39 is 32.9 Å². The standard InChI is InChI=1S/C4F9IO.F2O2S/c5-1(6,7)3(10,11)15-4(12,13)2(8,9)14;1-5(2,3)4. The van der Waals surface area contributed by atoms with Crippen LogP contribution in [0.2, 0.25) is 0 Å². The maximum Gasteiger partial charge on any atom is 0.483 e. The SMILES string of the molecule is FC(F)(F)C(F)(F)OC(F)(F)C(F)(F)I.O=S(=O)(F)F. The highest BCUT2D eigenvalue weighted by atomic mass is 127. The van der Waals surface area contributed by atoms with Crippen LogP contribution in [-0.4, -0.2) is 30.7 Å². The first-order valence-corrected chi connectivity index (χ1v) is 5.80. The highest BCUT2D eigenvalue weighted by molar-refractivity contribution is 14.1. The zero-order valence-corrected chi connectivity index (χ0v) is 11.1.